The smallest absolute Gasteiger partial charge is 0.271 e. The fourth-order valence-electron chi connectivity index (χ4n) is 2.63. The number of nitro groups is 1. The molecule has 0 bridgehead atoms. The highest BCUT2D eigenvalue weighted by Crippen LogP contribution is 2.21. The Labute approximate surface area is 167 Å². The number of non-ortho nitro benzene ring substituents is 1. The molecule has 2 N–H and O–H groups in total. The Balaban J connectivity index is 1.83. The molecule has 0 aliphatic rings. The summed E-state index contributed by atoms with van der Waals surface area (Å²) < 4.78 is 27.6. The second-order valence-electron chi connectivity index (χ2n) is 6.26. The number of aryl methyl sites for hydroxylation is 1. The van der Waals surface area contributed by atoms with Gasteiger partial charge in [0.1, 0.15) is 0 Å². The van der Waals surface area contributed by atoms with Crippen LogP contribution in [0.3, 0.4) is 0 Å². The normalized spacial score (nSPS) is 10.9. The van der Waals surface area contributed by atoms with E-state index >= 15 is 0 Å². The molecule has 3 aromatic carbocycles. The second kappa shape index (κ2) is 8.11. The topological polar surface area (TPSA) is 118 Å². The zero-order valence-electron chi connectivity index (χ0n) is 15.3. The molecule has 0 aliphatic heterocycles. The highest BCUT2D eigenvalue weighted by Gasteiger charge is 2.18. The first-order valence-electron chi connectivity index (χ1n) is 8.50. The molecular formula is C20H17N3O5S. The molecule has 0 radical (unpaired) electrons. The molecule has 1 amide bonds. The fraction of sp³-hybridized carbons (Fsp3) is 0.0500. The zero-order valence-corrected chi connectivity index (χ0v) is 16.1. The molecule has 0 spiro atoms. The van der Waals surface area contributed by atoms with Gasteiger partial charge in [0, 0.05) is 23.4 Å². The molecular weight excluding hydrogens is 394 g/mol. The van der Waals surface area contributed by atoms with Crippen molar-refractivity contribution in [3.8, 4) is 0 Å². The van der Waals surface area contributed by atoms with E-state index in [-0.39, 0.29) is 21.8 Å². The number of carbonyl (C=O) groups excluding carboxylic acids is 1. The average molecular weight is 411 g/mol. The summed E-state index contributed by atoms with van der Waals surface area (Å²) in [5.74, 6) is -0.456. The Morgan fingerprint density at radius 2 is 1.62 bits per heavy atom. The van der Waals surface area contributed by atoms with Gasteiger partial charge in [-0.15, -0.1) is 0 Å². The van der Waals surface area contributed by atoms with Crippen LogP contribution in [0.25, 0.3) is 0 Å². The first-order chi connectivity index (χ1) is 13.7. The van der Waals surface area contributed by atoms with Crippen LogP contribution in [-0.4, -0.2) is 19.2 Å². The van der Waals surface area contributed by atoms with Crippen molar-refractivity contribution in [3.05, 3.63) is 94.0 Å². The van der Waals surface area contributed by atoms with Crippen LogP contribution in [0.2, 0.25) is 0 Å². The lowest BCUT2D eigenvalue weighted by Crippen LogP contribution is -2.16. The molecule has 29 heavy (non-hydrogen) atoms. The summed E-state index contributed by atoms with van der Waals surface area (Å²) in [5.41, 5.74) is 1.54. The van der Waals surface area contributed by atoms with Crippen molar-refractivity contribution >= 4 is 33.0 Å². The Bertz CT molecular complexity index is 1190. The number of sulfonamides is 1. The molecule has 3 aromatic rings. The monoisotopic (exact) mass is 411 g/mol. The fourth-order valence-corrected chi connectivity index (χ4v) is 3.72. The molecule has 9 heteroatoms. The minimum atomic E-state index is -4.04. The van der Waals surface area contributed by atoms with E-state index in [1.807, 2.05) is 13.0 Å². The van der Waals surface area contributed by atoms with Crippen LogP contribution in [0, 0.1) is 17.0 Å². The van der Waals surface area contributed by atoms with E-state index in [1.54, 1.807) is 18.2 Å². The standard InChI is InChI=1S/C20H17N3O5S/c1-14-5-2-7-16(11-14)21-20(24)15-6-3-10-19(12-15)29(27,28)22-17-8-4-9-18(13-17)23(25)26/h2-13,22H,1H3,(H,21,24). The summed E-state index contributed by atoms with van der Waals surface area (Å²) in [7, 11) is -4.04. The van der Waals surface area contributed by atoms with Gasteiger partial charge >= 0.3 is 0 Å². The van der Waals surface area contributed by atoms with Crippen LogP contribution in [0.4, 0.5) is 17.1 Å². The van der Waals surface area contributed by atoms with Crippen LogP contribution in [0.15, 0.2) is 77.7 Å². The maximum atomic E-state index is 12.6. The molecule has 0 heterocycles. The molecule has 0 aromatic heterocycles. The largest absolute Gasteiger partial charge is 0.322 e. The van der Waals surface area contributed by atoms with Gasteiger partial charge in [-0.05, 0) is 48.9 Å². The molecule has 0 atom stereocenters. The predicted octanol–water partition coefficient (Wildman–Crippen LogP) is 3.96. The number of nitrogens with zero attached hydrogens (tertiary/aromatic N) is 1. The SMILES string of the molecule is Cc1cccc(NC(=O)c2cccc(S(=O)(=O)Nc3cccc([N+](=O)[O-])c3)c2)c1. The number of nitrogens with one attached hydrogen (secondary N) is 2. The van der Waals surface area contributed by atoms with E-state index in [9.17, 15) is 23.3 Å². The summed E-state index contributed by atoms with van der Waals surface area (Å²) in [5, 5.41) is 13.6. The lowest BCUT2D eigenvalue weighted by Gasteiger charge is -2.10. The Morgan fingerprint density at radius 1 is 0.931 bits per heavy atom. The number of rotatable bonds is 6. The van der Waals surface area contributed by atoms with Gasteiger partial charge in [0.15, 0.2) is 0 Å². The van der Waals surface area contributed by atoms with Crippen LogP contribution in [0.5, 0.6) is 0 Å². The minimum Gasteiger partial charge on any atom is -0.322 e. The molecule has 0 fully saturated rings. The molecule has 0 aliphatic carbocycles. The zero-order chi connectivity index (χ0) is 21.0. The van der Waals surface area contributed by atoms with E-state index in [1.165, 1.54) is 42.5 Å². The van der Waals surface area contributed by atoms with E-state index < -0.39 is 20.9 Å². The first-order valence-corrected chi connectivity index (χ1v) is 9.98. The summed E-state index contributed by atoms with van der Waals surface area (Å²) in [6.07, 6.45) is 0. The van der Waals surface area contributed by atoms with E-state index in [2.05, 4.69) is 10.0 Å². The summed E-state index contributed by atoms with van der Waals surface area (Å²) in [6, 6.07) is 17.9. The van der Waals surface area contributed by atoms with Gasteiger partial charge in [-0.2, -0.15) is 0 Å². The highest BCUT2D eigenvalue weighted by atomic mass is 32.2. The maximum absolute atomic E-state index is 12.6. The third kappa shape index (κ3) is 4.96. The van der Waals surface area contributed by atoms with Gasteiger partial charge < -0.3 is 5.32 Å². The molecule has 8 nitrogen and oxygen atoms in total. The number of hydrogen-bond donors (Lipinski definition) is 2. The second-order valence-corrected chi connectivity index (χ2v) is 7.95. The van der Waals surface area contributed by atoms with Gasteiger partial charge in [0.25, 0.3) is 21.6 Å². The lowest BCUT2D eigenvalue weighted by atomic mass is 10.2. The van der Waals surface area contributed by atoms with Gasteiger partial charge in [-0.3, -0.25) is 19.6 Å². The minimum absolute atomic E-state index is 0.0498. The number of nitro benzene ring substituents is 1. The third-order valence-electron chi connectivity index (χ3n) is 3.99. The van der Waals surface area contributed by atoms with Crippen LogP contribution < -0.4 is 10.0 Å². The molecule has 0 unspecified atom stereocenters. The van der Waals surface area contributed by atoms with Crippen molar-refractivity contribution in [2.24, 2.45) is 0 Å². The van der Waals surface area contributed by atoms with Crippen molar-refractivity contribution in [1.82, 2.24) is 0 Å². The summed E-state index contributed by atoms with van der Waals surface area (Å²) in [6.45, 7) is 1.89. The number of amides is 1. The predicted molar refractivity (Wildman–Crippen MR) is 109 cm³/mol. The third-order valence-corrected chi connectivity index (χ3v) is 5.37. The van der Waals surface area contributed by atoms with Crippen LogP contribution >= 0.6 is 0 Å². The van der Waals surface area contributed by atoms with Crippen molar-refractivity contribution in [1.29, 1.82) is 0 Å². The highest BCUT2D eigenvalue weighted by molar-refractivity contribution is 7.92. The van der Waals surface area contributed by atoms with Crippen molar-refractivity contribution in [2.45, 2.75) is 11.8 Å². The number of anilines is 2. The van der Waals surface area contributed by atoms with E-state index in [0.29, 0.717) is 5.69 Å². The van der Waals surface area contributed by atoms with Crippen molar-refractivity contribution in [3.63, 3.8) is 0 Å². The molecule has 0 saturated heterocycles. The quantitative estimate of drug-likeness (QED) is 0.470. The van der Waals surface area contributed by atoms with Crippen molar-refractivity contribution < 1.29 is 18.1 Å². The van der Waals surface area contributed by atoms with Crippen molar-refractivity contribution in [2.75, 3.05) is 10.0 Å². The Kier molecular flexibility index (Phi) is 5.60. The number of carbonyl (C=O) groups is 1. The maximum Gasteiger partial charge on any atom is 0.271 e. The van der Waals surface area contributed by atoms with Crippen LogP contribution in [-0.2, 0) is 10.0 Å². The Hall–Kier alpha value is -3.72. The lowest BCUT2D eigenvalue weighted by molar-refractivity contribution is -0.384. The molecule has 148 valence electrons. The van der Waals surface area contributed by atoms with Gasteiger partial charge in [0.05, 0.1) is 15.5 Å². The van der Waals surface area contributed by atoms with E-state index in [4.69, 9.17) is 0 Å². The number of hydrogen-bond acceptors (Lipinski definition) is 5. The number of benzene rings is 3. The Morgan fingerprint density at radius 3 is 2.34 bits per heavy atom. The average Bonchev–Trinajstić information content (AvgIpc) is 2.68. The van der Waals surface area contributed by atoms with E-state index in [0.717, 1.165) is 11.6 Å². The summed E-state index contributed by atoms with van der Waals surface area (Å²) in [4.78, 5) is 22.6. The molecule has 3 rings (SSSR count). The van der Waals surface area contributed by atoms with Gasteiger partial charge in [0.2, 0.25) is 0 Å². The first kappa shape index (κ1) is 20.0. The molecule has 0 saturated carbocycles. The van der Waals surface area contributed by atoms with Gasteiger partial charge in [-0.25, -0.2) is 8.42 Å². The van der Waals surface area contributed by atoms with Gasteiger partial charge in [-0.1, -0.05) is 24.3 Å². The van der Waals surface area contributed by atoms with Crippen LogP contribution in [0.1, 0.15) is 15.9 Å². The summed E-state index contributed by atoms with van der Waals surface area (Å²) >= 11 is 0.